The average Bonchev–Trinajstić information content (AvgIpc) is 2.46. The van der Waals surface area contributed by atoms with Crippen LogP contribution >= 0.6 is 0 Å². The zero-order valence-corrected chi connectivity index (χ0v) is 12.3. The molecular weight excluding hydrogens is 256 g/mol. The molecule has 0 spiro atoms. The van der Waals surface area contributed by atoms with E-state index in [0.29, 0.717) is 17.9 Å². The van der Waals surface area contributed by atoms with E-state index in [2.05, 4.69) is 11.4 Å². The van der Waals surface area contributed by atoms with Gasteiger partial charge in [0.1, 0.15) is 5.54 Å². The topological polar surface area (TPSA) is 71.4 Å². The van der Waals surface area contributed by atoms with Crippen molar-refractivity contribution in [1.29, 1.82) is 5.26 Å². The van der Waals surface area contributed by atoms with Gasteiger partial charge in [-0.25, -0.2) is 0 Å². The highest BCUT2D eigenvalue weighted by atomic mass is 16.5. The van der Waals surface area contributed by atoms with Crippen molar-refractivity contribution in [2.24, 2.45) is 0 Å². The molecule has 1 amide bonds. The molecule has 0 aliphatic rings. The number of benzene rings is 1. The van der Waals surface area contributed by atoms with Crippen molar-refractivity contribution in [3.63, 3.8) is 0 Å². The lowest BCUT2D eigenvalue weighted by molar-refractivity contribution is -0.121. The molecule has 1 aromatic rings. The van der Waals surface area contributed by atoms with Crippen LogP contribution in [0.1, 0.15) is 25.8 Å². The van der Waals surface area contributed by atoms with Crippen molar-refractivity contribution in [2.45, 2.75) is 32.2 Å². The van der Waals surface area contributed by atoms with Gasteiger partial charge < -0.3 is 14.8 Å². The second-order valence-corrected chi connectivity index (χ2v) is 4.71. The molecule has 1 atom stereocenters. The molecule has 20 heavy (non-hydrogen) atoms. The van der Waals surface area contributed by atoms with Crippen LogP contribution in [0.2, 0.25) is 0 Å². The molecule has 0 saturated heterocycles. The first kappa shape index (κ1) is 15.8. The van der Waals surface area contributed by atoms with Gasteiger partial charge >= 0.3 is 0 Å². The van der Waals surface area contributed by atoms with Gasteiger partial charge in [-0.15, -0.1) is 0 Å². The third kappa shape index (κ3) is 3.89. The predicted molar refractivity (Wildman–Crippen MR) is 75.7 cm³/mol. The summed E-state index contributed by atoms with van der Waals surface area (Å²) in [5.74, 6) is 1.01. The van der Waals surface area contributed by atoms with Gasteiger partial charge in [0.25, 0.3) is 0 Å². The summed E-state index contributed by atoms with van der Waals surface area (Å²) in [5.41, 5.74) is -0.0234. The van der Waals surface area contributed by atoms with Crippen LogP contribution in [0.4, 0.5) is 0 Å². The van der Waals surface area contributed by atoms with E-state index in [1.165, 1.54) is 0 Å². The fraction of sp³-hybridized carbons (Fsp3) is 0.467. The smallest absolute Gasteiger partial charge is 0.225 e. The van der Waals surface area contributed by atoms with Crippen molar-refractivity contribution in [3.8, 4) is 17.6 Å². The zero-order chi connectivity index (χ0) is 15.2. The Morgan fingerprint density at radius 1 is 1.35 bits per heavy atom. The van der Waals surface area contributed by atoms with Crippen LogP contribution in [0.25, 0.3) is 0 Å². The quantitative estimate of drug-likeness (QED) is 0.863. The second-order valence-electron chi connectivity index (χ2n) is 4.71. The number of hydrogen-bond donors (Lipinski definition) is 1. The molecule has 1 unspecified atom stereocenters. The third-order valence-corrected chi connectivity index (χ3v) is 3.18. The monoisotopic (exact) mass is 276 g/mol. The Morgan fingerprint density at radius 3 is 2.50 bits per heavy atom. The molecule has 0 aliphatic heterocycles. The van der Waals surface area contributed by atoms with Crippen LogP contribution in [0.5, 0.6) is 11.5 Å². The van der Waals surface area contributed by atoms with E-state index in [9.17, 15) is 4.79 Å². The minimum Gasteiger partial charge on any atom is -0.493 e. The van der Waals surface area contributed by atoms with Crippen LogP contribution < -0.4 is 14.8 Å². The molecule has 5 nitrogen and oxygen atoms in total. The normalized spacial score (nSPS) is 12.9. The van der Waals surface area contributed by atoms with Crippen molar-refractivity contribution in [2.75, 3.05) is 14.2 Å². The van der Waals surface area contributed by atoms with Crippen molar-refractivity contribution < 1.29 is 14.3 Å². The van der Waals surface area contributed by atoms with Gasteiger partial charge in [0, 0.05) is 0 Å². The molecule has 0 aromatic heterocycles. The van der Waals surface area contributed by atoms with Gasteiger partial charge in [0.15, 0.2) is 11.5 Å². The van der Waals surface area contributed by atoms with E-state index in [1.54, 1.807) is 39.3 Å². The summed E-state index contributed by atoms with van der Waals surface area (Å²) < 4.78 is 10.3. The Balaban J connectivity index is 2.79. The lowest BCUT2D eigenvalue weighted by Gasteiger charge is -2.21. The molecule has 5 heteroatoms. The van der Waals surface area contributed by atoms with Gasteiger partial charge in [-0.1, -0.05) is 13.0 Å². The average molecular weight is 276 g/mol. The molecule has 0 heterocycles. The summed E-state index contributed by atoms with van der Waals surface area (Å²) in [6, 6.07) is 7.42. The van der Waals surface area contributed by atoms with Crippen molar-refractivity contribution in [3.05, 3.63) is 23.8 Å². The highest BCUT2D eigenvalue weighted by molar-refractivity contribution is 5.80. The van der Waals surface area contributed by atoms with Gasteiger partial charge in [0.05, 0.1) is 26.7 Å². The fourth-order valence-electron chi connectivity index (χ4n) is 1.72. The molecule has 1 rings (SSSR count). The van der Waals surface area contributed by atoms with E-state index >= 15 is 0 Å². The summed E-state index contributed by atoms with van der Waals surface area (Å²) in [4.78, 5) is 12.0. The molecule has 0 saturated carbocycles. The summed E-state index contributed by atoms with van der Waals surface area (Å²) in [6.45, 7) is 3.57. The van der Waals surface area contributed by atoms with E-state index < -0.39 is 5.54 Å². The van der Waals surface area contributed by atoms with Gasteiger partial charge in [-0.3, -0.25) is 4.79 Å². The minimum absolute atomic E-state index is 0.192. The number of amides is 1. The summed E-state index contributed by atoms with van der Waals surface area (Å²) in [6.07, 6.45) is 0.749. The zero-order valence-electron chi connectivity index (χ0n) is 12.3. The SMILES string of the molecule is CCC(C)(C#N)NC(=O)Cc1ccc(OC)c(OC)c1. The molecule has 0 bridgehead atoms. The molecular formula is C15H20N2O3. The van der Waals surface area contributed by atoms with Crippen LogP contribution in [0.15, 0.2) is 18.2 Å². The Kier molecular flexibility index (Phi) is 5.39. The lowest BCUT2D eigenvalue weighted by atomic mass is 10.0. The van der Waals surface area contributed by atoms with E-state index in [0.717, 1.165) is 5.56 Å². The Hall–Kier alpha value is -2.22. The maximum atomic E-state index is 12.0. The summed E-state index contributed by atoms with van der Waals surface area (Å²) in [7, 11) is 3.11. The molecule has 0 aliphatic carbocycles. The Labute approximate surface area is 119 Å². The first-order valence-corrected chi connectivity index (χ1v) is 6.41. The number of carbonyl (C=O) groups is 1. The van der Waals surface area contributed by atoms with E-state index in [-0.39, 0.29) is 12.3 Å². The second kappa shape index (κ2) is 6.80. The first-order chi connectivity index (χ1) is 9.47. The largest absolute Gasteiger partial charge is 0.493 e. The number of methoxy groups -OCH3 is 2. The van der Waals surface area contributed by atoms with Gasteiger partial charge in [0.2, 0.25) is 5.91 Å². The van der Waals surface area contributed by atoms with Gasteiger partial charge in [-0.2, -0.15) is 5.26 Å². The highest BCUT2D eigenvalue weighted by Crippen LogP contribution is 2.27. The van der Waals surface area contributed by atoms with E-state index in [1.807, 2.05) is 6.92 Å². The minimum atomic E-state index is -0.826. The number of hydrogen-bond acceptors (Lipinski definition) is 4. The maximum absolute atomic E-state index is 12.0. The fourth-order valence-corrected chi connectivity index (χ4v) is 1.72. The number of nitrogens with one attached hydrogen (secondary N) is 1. The standard InChI is InChI=1S/C15H20N2O3/c1-5-15(2,10-16)17-14(18)9-11-6-7-12(19-3)13(8-11)20-4/h6-8H,5,9H2,1-4H3,(H,17,18). The molecule has 0 fully saturated rings. The Bertz CT molecular complexity index is 522. The summed E-state index contributed by atoms with van der Waals surface area (Å²) in [5, 5.41) is 11.8. The summed E-state index contributed by atoms with van der Waals surface area (Å²) >= 11 is 0. The van der Waals surface area contributed by atoms with Crippen LogP contribution in [0.3, 0.4) is 0 Å². The molecule has 0 radical (unpaired) electrons. The maximum Gasteiger partial charge on any atom is 0.225 e. The molecule has 1 N–H and O–H groups in total. The molecule has 108 valence electrons. The van der Waals surface area contributed by atoms with Crippen molar-refractivity contribution in [1.82, 2.24) is 5.32 Å². The Morgan fingerprint density at radius 2 is 2.00 bits per heavy atom. The van der Waals surface area contributed by atoms with E-state index in [4.69, 9.17) is 14.7 Å². The van der Waals surface area contributed by atoms with Crippen molar-refractivity contribution >= 4 is 5.91 Å². The van der Waals surface area contributed by atoms with Crippen LogP contribution in [0, 0.1) is 11.3 Å². The number of nitriles is 1. The number of nitrogens with zero attached hydrogens (tertiary/aromatic N) is 1. The lowest BCUT2D eigenvalue weighted by Crippen LogP contribution is -2.44. The first-order valence-electron chi connectivity index (χ1n) is 6.41. The third-order valence-electron chi connectivity index (χ3n) is 3.18. The highest BCUT2D eigenvalue weighted by Gasteiger charge is 2.23. The number of ether oxygens (including phenoxy) is 2. The molecule has 1 aromatic carbocycles. The van der Waals surface area contributed by atoms with Gasteiger partial charge in [-0.05, 0) is 31.0 Å². The van der Waals surface area contributed by atoms with Crippen LogP contribution in [-0.2, 0) is 11.2 Å². The van der Waals surface area contributed by atoms with Crippen LogP contribution in [-0.4, -0.2) is 25.7 Å². The number of rotatable bonds is 6. The predicted octanol–water partition coefficient (Wildman–Crippen LogP) is 2.05. The number of carbonyl (C=O) groups excluding carboxylic acids is 1.